The molecule has 0 aromatic rings. The van der Waals surface area contributed by atoms with E-state index >= 15 is 0 Å². The molecule has 0 aliphatic carbocycles. The standard InChI is InChI=1S/C34H71O2P/c1-6-10-14-18-22-26-30-37(36-34(5)35,31-27-23-19-15-11-7-2,32-28-24-20-16-12-8-3)33-29-25-21-17-13-9-4/h6-33H2,1-5H3. The van der Waals surface area contributed by atoms with Crippen LogP contribution in [-0.2, 0) is 9.32 Å². The SMILES string of the molecule is CCCCCCCCP(CCCCCCCC)(CCCCCCCC)(CCCCCCCC)OC(C)=O. The van der Waals surface area contributed by atoms with Gasteiger partial charge in [-0.25, -0.2) is 0 Å². The molecule has 0 N–H and O–H groups in total. The van der Waals surface area contributed by atoms with Gasteiger partial charge < -0.3 is 0 Å². The maximum absolute atomic E-state index is 12.8. The Morgan fingerprint density at radius 2 is 0.622 bits per heavy atom. The van der Waals surface area contributed by atoms with Crippen LogP contribution in [0, 0.1) is 0 Å². The van der Waals surface area contributed by atoms with Gasteiger partial charge in [0.15, 0.2) is 0 Å². The van der Waals surface area contributed by atoms with Crippen LogP contribution in [0.5, 0.6) is 0 Å². The summed E-state index contributed by atoms with van der Waals surface area (Å²) in [5, 5.41) is 0. The molecule has 0 radical (unpaired) electrons. The van der Waals surface area contributed by atoms with Crippen molar-refractivity contribution < 1.29 is 9.32 Å². The molecule has 37 heavy (non-hydrogen) atoms. The van der Waals surface area contributed by atoms with Gasteiger partial charge in [-0.1, -0.05) is 0 Å². The van der Waals surface area contributed by atoms with Crippen LogP contribution >= 0.6 is 6.83 Å². The van der Waals surface area contributed by atoms with E-state index in [9.17, 15) is 4.79 Å². The molecule has 0 bridgehead atoms. The van der Waals surface area contributed by atoms with Crippen molar-refractivity contribution in [3.63, 3.8) is 0 Å². The Morgan fingerprint density at radius 1 is 0.405 bits per heavy atom. The van der Waals surface area contributed by atoms with Gasteiger partial charge in [0, 0.05) is 0 Å². The van der Waals surface area contributed by atoms with E-state index < -0.39 is 6.83 Å². The third-order valence-corrected chi connectivity index (χ3v) is 15.3. The zero-order valence-electron chi connectivity index (χ0n) is 26.6. The molecule has 0 aromatic carbocycles. The molecular weight excluding hydrogens is 471 g/mol. The first-order valence-corrected chi connectivity index (χ1v) is 20.1. The van der Waals surface area contributed by atoms with Gasteiger partial charge in [-0.2, -0.15) is 0 Å². The number of unbranched alkanes of at least 4 members (excludes halogenated alkanes) is 20. The van der Waals surface area contributed by atoms with Crippen molar-refractivity contribution in [2.45, 2.75) is 189 Å². The summed E-state index contributed by atoms with van der Waals surface area (Å²) in [4.78, 5) is 12.8. The summed E-state index contributed by atoms with van der Waals surface area (Å²) >= 11 is 0. The number of hydrogen-bond acceptors (Lipinski definition) is 2. The van der Waals surface area contributed by atoms with Crippen LogP contribution < -0.4 is 0 Å². The first-order chi connectivity index (χ1) is 18.0. The van der Waals surface area contributed by atoms with Crippen LogP contribution in [0.15, 0.2) is 0 Å². The van der Waals surface area contributed by atoms with E-state index in [0.717, 1.165) is 0 Å². The van der Waals surface area contributed by atoms with Crippen LogP contribution in [0.2, 0.25) is 0 Å². The average Bonchev–Trinajstić information content (AvgIpc) is 2.88. The Bertz CT molecular complexity index is 429. The molecule has 0 amide bonds. The van der Waals surface area contributed by atoms with E-state index in [1.54, 1.807) is 6.92 Å². The Kier molecular flexibility index (Phi) is 24.8. The second kappa shape index (κ2) is 24.9. The monoisotopic (exact) mass is 543 g/mol. The predicted molar refractivity (Wildman–Crippen MR) is 172 cm³/mol. The fourth-order valence-corrected chi connectivity index (χ4v) is 12.9. The normalized spacial score (nSPS) is 12.9. The van der Waals surface area contributed by atoms with Gasteiger partial charge in [-0.15, -0.1) is 0 Å². The van der Waals surface area contributed by atoms with Gasteiger partial charge in [0.1, 0.15) is 0 Å². The quantitative estimate of drug-likeness (QED) is 0.0694. The molecule has 0 heterocycles. The van der Waals surface area contributed by atoms with Crippen molar-refractivity contribution in [1.29, 1.82) is 0 Å². The first kappa shape index (κ1) is 36.9. The summed E-state index contributed by atoms with van der Waals surface area (Å²) < 4.78 is 6.83. The molecule has 0 aliphatic rings. The molecule has 0 atom stereocenters. The van der Waals surface area contributed by atoms with Crippen LogP contribution in [-0.4, -0.2) is 30.6 Å². The summed E-state index contributed by atoms with van der Waals surface area (Å²) in [7, 11) is 0. The Morgan fingerprint density at radius 3 is 0.838 bits per heavy atom. The zero-order valence-corrected chi connectivity index (χ0v) is 27.5. The van der Waals surface area contributed by atoms with Crippen molar-refractivity contribution in [2.24, 2.45) is 0 Å². The second-order valence-electron chi connectivity index (χ2n) is 12.4. The van der Waals surface area contributed by atoms with Gasteiger partial charge in [0.05, 0.1) is 0 Å². The molecular formula is C34H71O2P. The molecule has 0 spiro atoms. The van der Waals surface area contributed by atoms with Crippen LogP contribution in [0.4, 0.5) is 0 Å². The fraction of sp³-hybridized carbons (Fsp3) is 0.971. The summed E-state index contributed by atoms with van der Waals surface area (Å²) in [6, 6.07) is 0. The third-order valence-electron chi connectivity index (χ3n) is 8.70. The van der Waals surface area contributed by atoms with Crippen LogP contribution in [0.3, 0.4) is 0 Å². The molecule has 0 aliphatic heterocycles. The van der Waals surface area contributed by atoms with Gasteiger partial charge in [0.25, 0.3) is 0 Å². The van der Waals surface area contributed by atoms with E-state index in [1.807, 2.05) is 0 Å². The van der Waals surface area contributed by atoms with Gasteiger partial charge in [-0.3, -0.25) is 0 Å². The van der Waals surface area contributed by atoms with E-state index in [-0.39, 0.29) is 5.97 Å². The second-order valence-corrected chi connectivity index (χ2v) is 18.1. The minimum absolute atomic E-state index is 0.0200. The fourth-order valence-electron chi connectivity index (χ4n) is 6.39. The molecule has 2 nitrogen and oxygen atoms in total. The molecule has 0 saturated carbocycles. The van der Waals surface area contributed by atoms with E-state index in [2.05, 4.69) is 27.7 Å². The Balaban J connectivity index is 5.57. The third kappa shape index (κ3) is 19.6. The molecule has 0 unspecified atom stereocenters. The van der Waals surface area contributed by atoms with Gasteiger partial charge >= 0.3 is 235 Å². The summed E-state index contributed by atoms with van der Waals surface area (Å²) in [6.45, 7) is 8.38. The molecule has 224 valence electrons. The maximum atomic E-state index is 12.8. The van der Waals surface area contributed by atoms with Crippen LogP contribution in [0.25, 0.3) is 0 Å². The van der Waals surface area contributed by atoms with Crippen molar-refractivity contribution in [3.8, 4) is 0 Å². The van der Waals surface area contributed by atoms with E-state index in [1.165, 1.54) is 179 Å². The molecule has 3 heteroatoms. The molecule has 0 rings (SSSR count). The molecule has 0 fully saturated rings. The number of rotatable bonds is 29. The molecule has 0 aromatic heterocycles. The Hall–Kier alpha value is -0.100. The zero-order chi connectivity index (χ0) is 27.5. The summed E-state index contributed by atoms with van der Waals surface area (Å²) in [5.41, 5.74) is 0. The first-order valence-electron chi connectivity index (χ1n) is 17.2. The Labute approximate surface area is 235 Å². The topological polar surface area (TPSA) is 26.3 Å². The van der Waals surface area contributed by atoms with Gasteiger partial charge in [0.2, 0.25) is 0 Å². The van der Waals surface area contributed by atoms with Crippen LogP contribution in [0.1, 0.15) is 189 Å². The number of carbonyl (C=O) groups is 1. The number of hydrogen-bond donors (Lipinski definition) is 0. The van der Waals surface area contributed by atoms with Gasteiger partial charge in [-0.05, 0) is 0 Å². The average molecular weight is 543 g/mol. The molecule has 0 saturated heterocycles. The van der Waals surface area contributed by atoms with Crippen molar-refractivity contribution in [3.05, 3.63) is 0 Å². The number of carbonyl (C=O) groups excluding carboxylic acids is 1. The van der Waals surface area contributed by atoms with Crippen molar-refractivity contribution in [2.75, 3.05) is 24.6 Å². The van der Waals surface area contributed by atoms with Crippen molar-refractivity contribution in [1.82, 2.24) is 0 Å². The van der Waals surface area contributed by atoms with E-state index in [4.69, 9.17) is 4.52 Å². The minimum atomic E-state index is -2.54. The summed E-state index contributed by atoms with van der Waals surface area (Å²) in [5.74, 6) is 0.0200. The van der Waals surface area contributed by atoms with E-state index in [0.29, 0.717) is 0 Å². The summed E-state index contributed by atoms with van der Waals surface area (Å²) in [6.07, 6.45) is 36.8. The van der Waals surface area contributed by atoms with Crippen molar-refractivity contribution >= 4 is 12.8 Å². The predicted octanol–water partition coefficient (Wildman–Crippen LogP) is 12.5.